The fraction of sp³-hybridized carbons (Fsp3) is 0.727. The van der Waals surface area contributed by atoms with Gasteiger partial charge in [-0.1, -0.05) is 25.5 Å². The molecule has 2 amide bonds. The summed E-state index contributed by atoms with van der Waals surface area (Å²) in [4.78, 5) is 11.4. The highest BCUT2D eigenvalue weighted by Gasteiger charge is 2.19. The van der Waals surface area contributed by atoms with E-state index in [0.717, 1.165) is 25.8 Å². The lowest BCUT2D eigenvalue weighted by Crippen LogP contribution is -2.41. The largest absolute Gasteiger partial charge is 0.396 e. The van der Waals surface area contributed by atoms with Crippen molar-refractivity contribution in [3.8, 4) is 0 Å². The summed E-state index contributed by atoms with van der Waals surface area (Å²) in [5, 5.41) is 14.6. The summed E-state index contributed by atoms with van der Waals surface area (Å²) in [7, 11) is 0. The van der Waals surface area contributed by atoms with Gasteiger partial charge in [0.2, 0.25) is 0 Å². The Morgan fingerprint density at radius 3 is 2.93 bits per heavy atom. The van der Waals surface area contributed by atoms with E-state index in [1.807, 2.05) is 12.2 Å². The van der Waals surface area contributed by atoms with Crippen LogP contribution in [0.1, 0.15) is 26.2 Å². The van der Waals surface area contributed by atoms with Crippen LogP contribution in [0.4, 0.5) is 4.79 Å². The third kappa shape index (κ3) is 4.34. The molecule has 0 heterocycles. The molecule has 3 N–H and O–H groups in total. The Hall–Kier alpha value is -1.03. The van der Waals surface area contributed by atoms with Crippen molar-refractivity contribution in [3.05, 3.63) is 12.2 Å². The zero-order valence-electron chi connectivity index (χ0n) is 9.20. The van der Waals surface area contributed by atoms with Crippen molar-refractivity contribution < 1.29 is 9.90 Å². The van der Waals surface area contributed by atoms with Gasteiger partial charge in [-0.2, -0.15) is 0 Å². The highest BCUT2D eigenvalue weighted by molar-refractivity contribution is 5.74. The number of nitrogens with one attached hydrogen (secondary N) is 2. The van der Waals surface area contributed by atoms with Crippen LogP contribution in [0.2, 0.25) is 0 Å². The predicted molar refractivity (Wildman–Crippen MR) is 59.6 cm³/mol. The van der Waals surface area contributed by atoms with E-state index in [4.69, 9.17) is 5.11 Å². The summed E-state index contributed by atoms with van der Waals surface area (Å²) in [6, 6.07) is -0.0412. The molecule has 1 aliphatic rings. The van der Waals surface area contributed by atoms with Crippen molar-refractivity contribution in [1.82, 2.24) is 10.6 Å². The summed E-state index contributed by atoms with van der Waals surface area (Å²) < 4.78 is 0. The van der Waals surface area contributed by atoms with E-state index in [-0.39, 0.29) is 24.6 Å². The van der Waals surface area contributed by atoms with E-state index >= 15 is 0 Å². The minimum atomic E-state index is -0.114. The van der Waals surface area contributed by atoms with Crippen molar-refractivity contribution in [3.63, 3.8) is 0 Å². The van der Waals surface area contributed by atoms with Gasteiger partial charge < -0.3 is 15.7 Å². The molecule has 0 aliphatic heterocycles. The minimum Gasteiger partial charge on any atom is -0.396 e. The molecule has 0 aromatic heterocycles. The number of carbonyl (C=O) groups is 1. The molecule has 0 aromatic rings. The van der Waals surface area contributed by atoms with Gasteiger partial charge in [-0.15, -0.1) is 0 Å². The smallest absolute Gasteiger partial charge is 0.315 e. The van der Waals surface area contributed by atoms with E-state index in [1.165, 1.54) is 0 Å². The molecular weight excluding hydrogens is 192 g/mol. The maximum absolute atomic E-state index is 11.4. The third-order valence-corrected chi connectivity index (χ3v) is 2.54. The Balaban J connectivity index is 2.14. The Morgan fingerprint density at radius 1 is 1.53 bits per heavy atom. The summed E-state index contributed by atoms with van der Waals surface area (Å²) in [5.74, 6) is 0.200. The van der Waals surface area contributed by atoms with Crippen LogP contribution in [0.5, 0.6) is 0 Å². The van der Waals surface area contributed by atoms with Crippen molar-refractivity contribution in [2.24, 2.45) is 5.92 Å². The van der Waals surface area contributed by atoms with Crippen LogP contribution in [0.15, 0.2) is 12.2 Å². The number of aliphatic hydroxyl groups is 1. The van der Waals surface area contributed by atoms with Gasteiger partial charge in [0.1, 0.15) is 0 Å². The maximum atomic E-state index is 11.4. The molecule has 4 nitrogen and oxygen atoms in total. The first-order valence-corrected chi connectivity index (χ1v) is 5.59. The van der Waals surface area contributed by atoms with Crippen LogP contribution in [0.3, 0.4) is 0 Å². The molecule has 0 bridgehead atoms. The molecular formula is C11H20N2O2. The maximum Gasteiger partial charge on any atom is 0.315 e. The Bertz CT molecular complexity index is 229. The summed E-state index contributed by atoms with van der Waals surface area (Å²) in [6.07, 6.45) is 6.79. The topological polar surface area (TPSA) is 61.4 Å². The monoisotopic (exact) mass is 212 g/mol. The molecule has 1 aliphatic carbocycles. The van der Waals surface area contributed by atoms with Crippen LogP contribution in [0, 0.1) is 5.92 Å². The first-order valence-electron chi connectivity index (χ1n) is 5.59. The van der Waals surface area contributed by atoms with Crippen LogP contribution in [0.25, 0.3) is 0 Å². The predicted octanol–water partition coefficient (Wildman–Crippen LogP) is 1.02. The SMILES string of the molecule is CCCCNC(=O)N[C@@H]1C=C[C@H](CO)C1. The van der Waals surface area contributed by atoms with Gasteiger partial charge in [-0.3, -0.25) is 0 Å². The van der Waals surface area contributed by atoms with Gasteiger partial charge in [-0.05, 0) is 12.8 Å². The molecule has 15 heavy (non-hydrogen) atoms. The van der Waals surface area contributed by atoms with Crippen molar-refractivity contribution >= 4 is 6.03 Å². The molecule has 0 saturated heterocycles. The van der Waals surface area contributed by atoms with Gasteiger partial charge in [0.05, 0.1) is 0 Å². The second-order valence-corrected chi connectivity index (χ2v) is 3.92. The third-order valence-electron chi connectivity index (χ3n) is 2.54. The molecule has 2 atom stereocenters. The molecule has 0 spiro atoms. The lowest BCUT2D eigenvalue weighted by molar-refractivity contribution is 0.231. The Labute approximate surface area is 90.7 Å². The van der Waals surface area contributed by atoms with Crippen LogP contribution in [-0.2, 0) is 0 Å². The number of aliphatic hydroxyl groups excluding tert-OH is 1. The highest BCUT2D eigenvalue weighted by atomic mass is 16.3. The number of carbonyl (C=O) groups excluding carboxylic acids is 1. The van der Waals surface area contributed by atoms with Crippen molar-refractivity contribution in [2.75, 3.05) is 13.2 Å². The van der Waals surface area contributed by atoms with Crippen LogP contribution in [-0.4, -0.2) is 30.3 Å². The molecule has 0 aromatic carbocycles. The first-order chi connectivity index (χ1) is 7.26. The zero-order chi connectivity index (χ0) is 11.1. The number of unbranched alkanes of at least 4 members (excludes halogenated alkanes) is 1. The van der Waals surface area contributed by atoms with Gasteiger partial charge in [0.25, 0.3) is 0 Å². The quantitative estimate of drug-likeness (QED) is 0.471. The summed E-state index contributed by atoms with van der Waals surface area (Å²) in [6.45, 7) is 2.97. The second kappa shape index (κ2) is 6.45. The minimum absolute atomic E-state index is 0.0729. The van der Waals surface area contributed by atoms with Gasteiger partial charge in [0.15, 0.2) is 0 Å². The number of rotatable bonds is 5. The normalized spacial score (nSPS) is 24.1. The van der Waals surface area contributed by atoms with Crippen LogP contribution >= 0.6 is 0 Å². The molecule has 0 fully saturated rings. The molecule has 1 rings (SSSR count). The zero-order valence-corrected chi connectivity index (χ0v) is 9.20. The van der Waals surface area contributed by atoms with E-state index < -0.39 is 0 Å². The number of hydrogen-bond donors (Lipinski definition) is 3. The average Bonchev–Trinajstić information content (AvgIpc) is 2.66. The average molecular weight is 212 g/mol. The lowest BCUT2D eigenvalue weighted by Gasteiger charge is -2.13. The second-order valence-electron chi connectivity index (χ2n) is 3.92. The first kappa shape index (κ1) is 12.0. The Morgan fingerprint density at radius 2 is 2.33 bits per heavy atom. The molecule has 4 heteroatoms. The van der Waals surface area contributed by atoms with Crippen molar-refractivity contribution in [1.29, 1.82) is 0 Å². The number of urea groups is 1. The van der Waals surface area contributed by atoms with Gasteiger partial charge >= 0.3 is 6.03 Å². The van der Waals surface area contributed by atoms with E-state index in [0.29, 0.717) is 0 Å². The van der Waals surface area contributed by atoms with Gasteiger partial charge in [0, 0.05) is 25.1 Å². The Kier molecular flexibility index (Phi) is 5.18. The lowest BCUT2D eigenvalue weighted by atomic mass is 10.1. The van der Waals surface area contributed by atoms with E-state index in [2.05, 4.69) is 17.6 Å². The van der Waals surface area contributed by atoms with E-state index in [9.17, 15) is 4.79 Å². The highest BCUT2D eigenvalue weighted by Crippen LogP contribution is 2.16. The molecule has 86 valence electrons. The van der Waals surface area contributed by atoms with Crippen LogP contribution < -0.4 is 10.6 Å². The standard InChI is InChI=1S/C11H20N2O2/c1-2-3-6-12-11(15)13-10-5-4-9(7-10)8-14/h4-5,9-10,14H,2-3,6-8H2,1H3,(H2,12,13,15)/t9-,10+/m0/s1. The van der Waals surface area contributed by atoms with E-state index in [1.54, 1.807) is 0 Å². The fourth-order valence-electron chi connectivity index (χ4n) is 1.62. The fourth-order valence-corrected chi connectivity index (χ4v) is 1.62. The summed E-state index contributed by atoms with van der Waals surface area (Å²) >= 11 is 0. The molecule has 0 saturated carbocycles. The summed E-state index contributed by atoms with van der Waals surface area (Å²) in [5.41, 5.74) is 0. The van der Waals surface area contributed by atoms with Gasteiger partial charge in [-0.25, -0.2) is 4.79 Å². The number of amides is 2. The number of hydrogen-bond acceptors (Lipinski definition) is 2. The molecule has 0 radical (unpaired) electrons. The van der Waals surface area contributed by atoms with Crippen molar-refractivity contribution in [2.45, 2.75) is 32.2 Å². The molecule has 0 unspecified atom stereocenters.